The van der Waals surface area contributed by atoms with Crippen molar-refractivity contribution in [2.45, 2.75) is 24.8 Å². The van der Waals surface area contributed by atoms with Gasteiger partial charge in [0.25, 0.3) is 0 Å². The predicted molar refractivity (Wildman–Crippen MR) is 114 cm³/mol. The van der Waals surface area contributed by atoms with Crippen LogP contribution < -0.4 is 20.1 Å². The Morgan fingerprint density at radius 1 is 1.14 bits per heavy atom. The van der Waals surface area contributed by atoms with E-state index >= 15 is 0 Å². The molecule has 1 amide bonds. The molecule has 3 N–H and O–H groups in total. The summed E-state index contributed by atoms with van der Waals surface area (Å²) >= 11 is 0. The van der Waals surface area contributed by atoms with Crippen molar-refractivity contribution >= 4 is 16.8 Å². The first-order chi connectivity index (χ1) is 14.2. The van der Waals surface area contributed by atoms with E-state index in [1.807, 2.05) is 36.5 Å². The van der Waals surface area contributed by atoms with Crippen LogP contribution in [0.3, 0.4) is 0 Å². The maximum Gasteiger partial charge on any atom is 0.237 e. The lowest BCUT2D eigenvalue weighted by Crippen LogP contribution is -2.42. The molecule has 0 radical (unpaired) electrons. The third-order valence-electron chi connectivity index (χ3n) is 5.66. The summed E-state index contributed by atoms with van der Waals surface area (Å²) in [5, 5.41) is 7.55. The first-order valence-corrected chi connectivity index (χ1v) is 10.0. The average Bonchev–Trinajstić information content (AvgIpc) is 3.44. The van der Waals surface area contributed by atoms with Crippen molar-refractivity contribution in [1.29, 1.82) is 0 Å². The lowest BCUT2D eigenvalue weighted by molar-refractivity contribution is -0.122. The Kier molecular flexibility index (Phi) is 5.71. The van der Waals surface area contributed by atoms with Gasteiger partial charge in [-0.2, -0.15) is 0 Å². The fourth-order valence-electron chi connectivity index (χ4n) is 4.19. The van der Waals surface area contributed by atoms with E-state index in [9.17, 15) is 4.79 Å². The Hall–Kier alpha value is -2.99. The minimum Gasteiger partial charge on any atom is -0.493 e. The first kappa shape index (κ1) is 19.3. The van der Waals surface area contributed by atoms with E-state index in [0.717, 1.165) is 41.4 Å². The molecule has 0 spiro atoms. The van der Waals surface area contributed by atoms with Crippen molar-refractivity contribution in [3.8, 4) is 11.5 Å². The van der Waals surface area contributed by atoms with Crippen molar-refractivity contribution in [1.82, 2.24) is 15.6 Å². The molecule has 0 aliphatic carbocycles. The fraction of sp³-hybridized carbons (Fsp3) is 0.348. The van der Waals surface area contributed by atoms with Crippen molar-refractivity contribution in [2.24, 2.45) is 0 Å². The fourth-order valence-corrected chi connectivity index (χ4v) is 4.19. The molecule has 1 aromatic heterocycles. The highest BCUT2D eigenvalue weighted by atomic mass is 16.5. The summed E-state index contributed by atoms with van der Waals surface area (Å²) in [6.45, 7) is 1.37. The number of amides is 1. The zero-order chi connectivity index (χ0) is 20.2. The van der Waals surface area contributed by atoms with Gasteiger partial charge in [0.05, 0.1) is 20.3 Å². The number of carbonyl (C=O) groups excluding carboxylic acids is 1. The second-order valence-corrected chi connectivity index (χ2v) is 7.32. The molecule has 1 saturated heterocycles. The van der Waals surface area contributed by atoms with Gasteiger partial charge in [0.2, 0.25) is 5.91 Å². The van der Waals surface area contributed by atoms with E-state index in [0.29, 0.717) is 18.0 Å². The predicted octanol–water partition coefficient (Wildman–Crippen LogP) is 3.19. The number of para-hydroxylation sites is 2. The number of rotatable bonds is 7. The van der Waals surface area contributed by atoms with E-state index in [-0.39, 0.29) is 17.9 Å². The highest BCUT2D eigenvalue weighted by Gasteiger charge is 2.27. The topological polar surface area (TPSA) is 75.4 Å². The first-order valence-electron chi connectivity index (χ1n) is 10.0. The number of nitrogens with one attached hydrogen (secondary N) is 3. The van der Waals surface area contributed by atoms with Crippen LogP contribution in [0.2, 0.25) is 0 Å². The number of fused-ring (bicyclic) bond motifs is 1. The number of aromatic amines is 1. The Bertz CT molecular complexity index is 992. The van der Waals surface area contributed by atoms with E-state index in [1.54, 1.807) is 14.2 Å². The molecule has 2 heterocycles. The van der Waals surface area contributed by atoms with Crippen LogP contribution in [0.15, 0.2) is 48.7 Å². The summed E-state index contributed by atoms with van der Waals surface area (Å²) in [4.78, 5) is 16.0. The van der Waals surface area contributed by atoms with Gasteiger partial charge in [0, 0.05) is 35.1 Å². The molecule has 2 unspecified atom stereocenters. The number of aromatic nitrogens is 1. The summed E-state index contributed by atoms with van der Waals surface area (Å²) in [6, 6.07) is 14.0. The largest absolute Gasteiger partial charge is 0.493 e. The summed E-state index contributed by atoms with van der Waals surface area (Å²) in [7, 11) is 3.28. The molecule has 6 nitrogen and oxygen atoms in total. The third-order valence-corrected chi connectivity index (χ3v) is 5.66. The third kappa shape index (κ3) is 3.80. The second-order valence-electron chi connectivity index (χ2n) is 7.32. The van der Waals surface area contributed by atoms with E-state index in [1.165, 1.54) is 0 Å². The molecule has 4 rings (SSSR count). The molecule has 0 saturated carbocycles. The molecule has 3 aromatic rings. The molecule has 152 valence electrons. The number of ether oxygens (including phenoxy) is 2. The molecular weight excluding hydrogens is 366 g/mol. The summed E-state index contributed by atoms with van der Waals surface area (Å²) < 4.78 is 11.2. The average molecular weight is 393 g/mol. The van der Waals surface area contributed by atoms with Crippen LogP contribution in [-0.2, 0) is 4.79 Å². The van der Waals surface area contributed by atoms with Gasteiger partial charge >= 0.3 is 0 Å². The van der Waals surface area contributed by atoms with Gasteiger partial charge in [-0.3, -0.25) is 4.79 Å². The quantitative estimate of drug-likeness (QED) is 0.576. The summed E-state index contributed by atoms with van der Waals surface area (Å²) in [5.74, 6) is 1.34. The van der Waals surface area contributed by atoms with Gasteiger partial charge in [0.15, 0.2) is 11.5 Å². The molecule has 6 heteroatoms. The lowest BCUT2D eigenvalue weighted by atomic mass is 9.89. The molecule has 29 heavy (non-hydrogen) atoms. The Morgan fingerprint density at radius 3 is 2.76 bits per heavy atom. The number of H-pyrrole nitrogens is 1. The molecule has 2 aromatic carbocycles. The standard InChI is InChI=1S/C23H27N3O3/c1-28-21-11-5-8-16(22(21)29-2)18(14-26-23(27)20-10-6-12-24-20)17-13-25-19-9-4-3-7-15(17)19/h3-5,7-9,11,13,18,20,24-25H,6,10,12,14H2,1-2H3,(H,26,27). The number of hydrogen-bond acceptors (Lipinski definition) is 4. The van der Waals surface area contributed by atoms with Gasteiger partial charge in [-0.05, 0) is 37.1 Å². The van der Waals surface area contributed by atoms with Crippen LogP contribution in [0.5, 0.6) is 11.5 Å². The maximum absolute atomic E-state index is 12.7. The smallest absolute Gasteiger partial charge is 0.237 e. The summed E-state index contributed by atoms with van der Waals surface area (Å²) in [6.07, 6.45) is 3.94. The molecule has 1 aliphatic heterocycles. The van der Waals surface area contributed by atoms with Gasteiger partial charge in [-0.25, -0.2) is 0 Å². The monoisotopic (exact) mass is 393 g/mol. The van der Waals surface area contributed by atoms with Crippen molar-refractivity contribution in [3.63, 3.8) is 0 Å². The number of carbonyl (C=O) groups is 1. The SMILES string of the molecule is COc1cccc(C(CNC(=O)C2CCCN2)c2c[nH]c3ccccc23)c1OC. The Balaban J connectivity index is 1.72. The highest BCUT2D eigenvalue weighted by molar-refractivity contribution is 5.85. The molecular formula is C23H27N3O3. The number of benzene rings is 2. The van der Waals surface area contributed by atoms with Crippen LogP contribution in [-0.4, -0.2) is 44.2 Å². The minimum atomic E-state index is -0.106. The number of hydrogen-bond donors (Lipinski definition) is 3. The lowest BCUT2D eigenvalue weighted by Gasteiger charge is -2.22. The molecule has 1 fully saturated rings. The summed E-state index contributed by atoms with van der Waals surface area (Å²) in [5.41, 5.74) is 3.17. The van der Waals surface area contributed by atoms with E-state index in [4.69, 9.17) is 9.47 Å². The zero-order valence-electron chi connectivity index (χ0n) is 16.8. The number of methoxy groups -OCH3 is 2. The van der Waals surface area contributed by atoms with Gasteiger partial charge in [0.1, 0.15) is 0 Å². The molecule has 0 bridgehead atoms. The second kappa shape index (κ2) is 8.57. The zero-order valence-corrected chi connectivity index (χ0v) is 16.8. The minimum absolute atomic E-state index is 0.0502. The van der Waals surface area contributed by atoms with Crippen LogP contribution in [0.1, 0.15) is 29.9 Å². The van der Waals surface area contributed by atoms with Crippen LogP contribution >= 0.6 is 0 Å². The van der Waals surface area contributed by atoms with Crippen molar-refractivity contribution in [2.75, 3.05) is 27.3 Å². The van der Waals surface area contributed by atoms with Gasteiger partial charge < -0.3 is 25.1 Å². The molecule has 1 aliphatic rings. The van der Waals surface area contributed by atoms with Crippen LogP contribution in [0, 0.1) is 0 Å². The van der Waals surface area contributed by atoms with Crippen molar-refractivity contribution < 1.29 is 14.3 Å². The molecule has 2 atom stereocenters. The van der Waals surface area contributed by atoms with Crippen LogP contribution in [0.25, 0.3) is 10.9 Å². The van der Waals surface area contributed by atoms with E-state index < -0.39 is 0 Å². The van der Waals surface area contributed by atoms with Gasteiger partial charge in [-0.1, -0.05) is 30.3 Å². The van der Waals surface area contributed by atoms with E-state index in [2.05, 4.69) is 27.8 Å². The van der Waals surface area contributed by atoms with Crippen molar-refractivity contribution in [3.05, 3.63) is 59.8 Å². The Labute approximate surface area is 170 Å². The highest BCUT2D eigenvalue weighted by Crippen LogP contribution is 2.40. The van der Waals surface area contributed by atoms with Gasteiger partial charge in [-0.15, -0.1) is 0 Å². The maximum atomic E-state index is 12.7. The normalized spacial score (nSPS) is 17.2. The Morgan fingerprint density at radius 2 is 2.00 bits per heavy atom. The van der Waals surface area contributed by atoms with Crippen LogP contribution in [0.4, 0.5) is 0 Å².